The third-order valence-electron chi connectivity index (χ3n) is 3.35. The van der Waals surface area contributed by atoms with Crippen molar-refractivity contribution in [2.75, 3.05) is 6.54 Å². The van der Waals surface area contributed by atoms with Crippen molar-refractivity contribution in [3.05, 3.63) is 58.8 Å². The van der Waals surface area contributed by atoms with Crippen LogP contribution in [0.5, 0.6) is 0 Å². The van der Waals surface area contributed by atoms with Crippen LogP contribution in [0, 0.1) is 12.7 Å². The van der Waals surface area contributed by atoms with Crippen LogP contribution in [-0.4, -0.2) is 17.6 Å². The maximum atomic E-state index is 13.3. The summed E-state index contributed by atoms with van der Waals surface area (Å²) in [6.07, 6.45) is -4.77. The molecule has 0 aliphatic carbocycles. The van der Waals surface area contributed by atoms with E-state index in [0.717, 1.165) is 0 Å². The highest BCUT2D eigenvalue weighted by atomic mass is 19.4. The first-order valence-electron chi connectivity index (χ1n) is 6.94. The van der Waals surface area contributed by atoms with Gasteiger partial charge in [-0.05, 0) is 44.2 Å². The van der Waals surface area contributed by atoms with Crippen molar-refractivity contribution in [3.8, 4) is 0 Å². The molecule has 8 heteroatoms. The number of halogens is 4. The second-order valence-electron chi connectivity index (χ2n) is 5.59. The molecule has 0 spiro atoms. The molecule has 0 aliphatic rings. The van der Waals surface area contributed by atoms with E-state index in [0.29, 0.717) is 24.0 Å². The summed E-state index contributed by atoms with van der Waals surface area (Å²) in [4.78, 5) is 12.0. The highest BCUT2D eigenvalue weighted by Gasteiger charge is 2.32. The summed E-state index contributed by atoms with van der Waals surface area (Å²) < 4.78 is 56.6. The van der Waals surface area contributed by atoms with Gasteiger partial charge in [0.25, 0.3) is 5.91 Å². The molecule has 0 aliphatic heterocycles. The Bertz CT molecular complexity index is 750. The smallest absolute Gasteiger partial charge is 0.416 e. The van der Waals surface area contributed by atoms with E-state index in [1.54, 1.807) is 13.0 Å². The Morgan fingerprint density at radius 1 is 1.25 bits per heavy atom. The topological polar surface area (TPSA) is 62.5 Å². The molecule has 0 radical (unpaired) electrons. The van der Waals surface area contributed by atoms with E-state index in [1.165, 1.54) is 13.0 Å². The summed E-state index contributed by atoms with van der Waals surface area (Å²) in [6.45, 7) is 2.72. The van der Waals surface area contributed by atoms with Crippen LogP contribution < -0.4 is 5.32 Å². The number of rotatable bonds is 4. The average molecular weight is 345 g/mol. The van der Waals surface area contributed by atoms with Gasteiger partial charge in [0.2, 0.25) is 0 Å². The van der Waals surface area contributed by atoms with E-state index in [9.17, 15) is 27.5 Å². The minimum Gasteiger partial charge on any atom is -0.463 e. The van der Waals surface area contributed by atoms with Gasteiger partial charge in [0, 0.05) is 5.56 Å². The first kappa shape index (κ1) is 18.0. The van der Waals surface area contributed by atoms with Gasteiger partial charge in [-0.3, -0.25) is 4.79 Å². The predicted octanol–water partition coefficient (Wildman–Crippen LogP) is 3.38. The van der Waals surface area contributed by atoms with Crippen LogP contribution in [0.4, 0.5) is 17.6 Å². The molecule has 2 aromatic rings. The summed E-state index contributed by atoms with van der Waals surface area (Å²) in [5, 5.41) is 12.5. The molecule has 1 unspecified atom stereocenters. The third-order valence-corrected chi connectivity index (χ3v) is 3.35. The zero-order valence-corrected chi connectivity index (χ0v) is 12.9. The van der Waals surface area contributed by atoms with Crippen molar-refractivity contribution >= 4 is 5.91 Å². The molecule has 1 heterocycles. The van der Waals surface area contributed by atoms with Crippen LogP contribution in [-0.2, 0) is 11.8 Å². The van der Waals surface area contributed by atoms with Gasteiger partial charge < -0.3 is 14.8 Å². The molecule has 24 heavy (non-hydrogen) atoms. The van der Waals surface area contributed by atoms with E-state index < -0.39 is 34.6 Å². The summed E-state index contributed by atoms with van der Waals surface area (Å²) in [7, 11) is 0. The van der Waals surface area contributed by atoms with E-state index in [-0.39, 0.29) is 12.3 Å². The number of hydrogen-bond donors (Lipinski definition) is 2. The van der Waals surface area contributed by atoms with Crippen molar-refractivity contribution in [2.24, 2.45) is 0 Å². The fourth-order valence-electron chi connectivity index (χ4n) is 2.05. The standard InChI is InChI=1S/C16H15F4NO3/c1-9-3-4-13(24-9)15(2,23)8-21-14(22)10-5-11(16(18,19)20)7-12(17)6-10/h3-7,23H,8H2,1-2H3,(H,21,22). The number of aliphatic hydroxyl groups is 1. The lowest BCUT2D eigenvalue weighted by Gasteiger charge is -2.21. The van der Waals surface area contributed by atoms with Crippen LogP contribution in [0.25, 0.3) is 0 Å². The SMILES string of the molecule is Cc1ccc(C(C)(O)CNC(=O)c2cc(F)cc(C(F)(F)F)c2)o1. The van der Waals surface area contributed by atoms with Gasteiger partial charge in [-0.1, -0.05) is 0 Å². The number of carbonyl (C=O) groups is 1. The Kier molecular flexibility index (Phi) is 4.70. The largest absolute Gasteiger partial charge is 0.463 e. The highest BCUT2D eigenvalue weighted by molar-refractivity contribution is 5.94. The fourth-order valence-corrected chi connectivity index (χ4v) is 2.05. The van der Waals surface area contributed by atoms with Gasteiger partial charge in [0.05, 0.1) is 12.1 Å². The van der Waals surface area contributed by atoms with Crippen molar-refractivity contribution < 1.29 is 31.9 Å². The summed E-state index contributed by atoms with van der Waals surface area (Å²) in [6, 6.07) is 4.68. The first-order valence-corrected chi connectivity index (χ1v) is 6.94. The predicted molar refractivity (Wildman–Crippen MR) is 76.8 cm³/mol. The molecule has 0 saturated heterocycles. The number of alkyl halides is 3. The Hall–Kier alpha value is -2.35. The average Bonchev–Trinajstić information content (AvgIpc) is 2.91. The number of amides is 1. The van der Waals surface area contributed by atoms with Crippen molar-refractivity contribution in [3.63, 3.8) is 0 Å². The summed E-state index contributed by atoms with van der Waals surface area (Å²) in [5.41, 5.74) is -3.32. The molecule has 1 amide bonds. The second-order valence-corrected chi connectivity index (χ2v) is 5.59. The molecule has 2 rings (SSSR count). The van der Waals surface area contributed by atoms with Gasteiger partial charge in [-0.2, -0.15) is 13.2 Å². The molecule has 1 aromatic carbocycles. The lowest BCUT2D eigenvalue weighted by atomic mass is 10.0. The second kappa shape index (κ2) is 6.27. The van der Waals surface area contributed by atoms with Gasteiger partial charge in [-0.15, -0.1) is 0 Å². The number of nitrogens with one attached hydrogen (secondary N) is 1. The van der Waals surface area contributed by atoms with Crippen LogP contribution >= 0.6 is 0 Å². The van der Waals surface area contributed by atoms with Crippen molar-refractivity contribution in [1.82, 2.24) is 5.32 Å². The normalized spacial score (nSPS) is 14.3. The van der Waals surface area contributed by atoms with Crippen LogP contribution in [0.1, 0.15) is 34.4 Å². The van der Waals surface area contributed by atoms with Gasteiger partial charge in [-0.25, -0.2) is 4.39 Å². The molecule has 1 atom stereocenters. The molecule has 0 saturated carbocycles. The number of carbonyl (C=O) groups excluding carboxylic acids is 1. The van der Waals surface area contributed by atoms with Gasteiger partial charge in [0.1, 0.15) is 22.9 Å². The van der Waals surface area contributed by atoms with Crippen LogP contribution in [0.2, 0.25) is 0 Å². The lowest BCUT2D eigenvalue weighted by molar-refractivity contribution is -0.137. The molecule has 1 aromatic heterocycles. The maximum absolute atomic E-state index is 13.3. The summed E-state index contributed by atoms with van der Waals surface area (Å²) >= 11 is 0. The summed E-state index contributed by atoms with van der Waals surface area (Å²) in [5.74, 6) is -1.38. The Labute approximate surface area is 135 Å². The van der Waals surface area contributed by atoms with E-state index in [4.69, 9.17) is 4.42 Å². The van der Waals surface area contributed by atoms with Gasteiger partial charge >= 0.3 is 6.18 Å². The molecule has 2 N–H and O–H groups in total. The number of aryl methyl sites for hydroxylation is 1. The molecule has 0 fully saturated rings. The first-order chi connectivity index (χ1) is 11.0. The monoisotopic (exact) mass is 345 g/mol. The van der Waals surface area contributed by atoms with E-state index in [2.05, 4.69) is 5.32 Å². The number of benzene rings is 1. The third kappa shape index (κ3) is 4.14. The number of hydrogen-bond acceptors (Lipinski definition) is 3. The molecule has 130 valence electrons. The zero-order chi connectivity index (χ0) is 18.1. The van der Waals surface area contributed by atoms with Crippen LogP contribution in [0.15, 0.2) is 34.7 Å². The minimum absolute atomic E-state index is 0.190. The van der Waals surface area contributed by atoms with Gasteiger partial charge in [0.15, 0.2) is 0 Å². The molecular formula is C16H15F4NO3. The van der Waals surface area contributed by atoms with E-state index >= 15 is 0 Å². The Morgan fingerprint density at radius 2 is 1.92 bits per heavy atom. The Morgan fingerprint density at radius 3 is 2.46 bits per heavy atom. The molecule has 0 bridgehead atoms. The molecule has 4 nitrogen and oxygen atoms in total. The van der Waals surface area contributed by atoms with Crippen LogP contribution in [0.3, 0.4) is 0 Å². The number of furan rings is 1. The fraction of sp³-hybridized carbons (Fsp3) is 0.312. The quantitative estimate of drug-likeness (QED) is 0.835. The van der Waals surface area contributed by atoms with E-state index in [1.807, 2.05) is 0 Å². The maximum Gasteiger partial charge on any atom is 0.416 e. The molecular weight excluding hydrogens is 330 g/mol. The Balaban J connectivity index is 2.14. The zero-order valence-electron chi connectivity index (χ0n) is 12.9. The lowest BCUT2D eigenvalue weighted by Crippen LogP contribution is -2.38. The minimum atomic E-state index is -4.77. The van der Waals surface area contributed by atoms with Crippen molar-refractivity contribution in [1.29, 1.82) is 0 Å². The van der Waals surface area contributed by atoms with Crippen molar-refractivity contribution in [2.45, 2.75) is 25.6 Å². The highest BCUT2D eigenvalue weighted by Crippen LogP contribution is 2.30.